The van der Waals surface area contributed by atoms with Crippen LogP contribution in [0.25, 0.3) is 11.5 Å². The zero-order valence-corrected chi connectivity index (χ0v) is 19.0. The summed E-state index contributed by atoms with van der Waals surface area (Å²) in [5.41, 5.74) is 1.47. The first kappa shape index (κ1) is 24.2. The Morgan fingerprint density at radius 2 is 1.66 bits per heavy atom. The van der Waals surface area contributed by atoms with Crippen molar-refractivity contribution in [1.29, 1.82) is 0 Å². The first-order chi connectivity index (χ1) is 16.8. The molecule has 0 saturated carbocycles. The van der Waals surface area contributed by atoms with Gasteiger partial charge in [-0.15, -0.1) is 0 Å². The number of hydrogen-bond donors (Lipinski definition) is 1. The van der Waals surface area contributed by atoms with E-state index in [4.69, 9.17) is 9.15 Å². The Kier molecular flexibility index (Phi) is 7.33. The SMILES string of the molecule is O=C(OCc1coc(-c2ccc(F)cc2)n1)[C@H](Cc1ccccc1)NS(=O)(=O)c1ccccc1F. The van der Waals surface area contributed by atoms with Crippen molar-refractivity contribution < 1.29 is 31.1 Å². The fourth-order valence-corrected chi connectivity index (χ4v) is 4.54. The summed E-state index contributed by atoms with van der Waals surface area (Å²) < 4.78 is 65.8. The van der Waals surface area contributed by atoms with Crippen LogP contribution in [-0.2, 0) is 32.6 Å². The van der Waals surface area contributed by atoms with Crippen molar-refractivity contribution in [3.63, 3.8) is 0 Å². The molecule has 1 N–H and O–H groups in total. The predicted molar refractivity (Wildman–Crippen MR) is 122 cm³/mol. The highest BCUT2D eigenvalue weighted by Gasteiger charge is 2.29. The maximum absolute atomic E-state index is 14.1. The largest absolute Gasteiger partial charge is 0.458 e. The summed E-state index contributed by atoms with van der Waals surface area (Å²) >= 11 is 0. The van der Waals surface area contributed by atoms with Crippen molar-refractivity contribution in [1.82, 2.24) is 9.71 Å². The normalized spacial score (nSPS) is 12.3. The second-order valence-electron chi connectivity index (χ2n) is 7.55. The Bertz CT molecular complexity index is 1410. The Balaban J connectivity index is 1.49. The van der Waals surface area contributed by atoms with Crippen molar-refractivity contribution in [3.8, 4) is 11.5 Å². The Morgan fingerprint density at radius 1 is 0.971 bits per heavy atom. The number of nitrogens with one attached hydrogen (secondary N) is 1. The first-order valence-electron chi connectivity index (χ1n) is 10.5. The molecule has 35 heavy (non-hydrogen) atoms. The molecule has 180 valence electrons. The average molecular weight is 499 g/mol. The van der Waals surface area contributed by atoms with Crippen molar-refractivity contribution >= 4 is 16.0 Å². The quantitative estimate of drug-likeness (QED) is 0.347. The van der Waals surface area contributed by atoms with Crippen LogP contribution in [0.5, 0.6) is 0 Å². The van der Waals surface area contributed by atoms with E-state index < -0.39 is 38.6 Å². The lowest BCUT2D eigenvalue weighted by molar-refractivity contribution is -0.147. The van der Waals surface area contributed by atoms with Crippen LogP contribution in [0.15, 0.2) is 94.4 Å². The molecule has 1 aromatic heterocycles. The van der Waals surface area contributed by atoms with E-state index in [1.54, 1.807) is 30.3 Å². The van der Waals surface area contributed by atoms with Gasteiger partial charge in [-0.05, 0) is 48.4 Å². The second-order valence-corrected chi connectivity index (χ2v) is 9.24. The third kappa shape index (κ3) is 6.17. The van der Waals surface area contributed by atoms with Gasteiger partial charge in [0.15, 0.2) is 0 Å². The van der Waals surface area contributed by atoms with Crippen LogP contribution in [0.2, 0.25) is 0 Å². The van der Waals surface area contributed by atoms with Gasteiger partial charge in [0.2, 0.25) is 15.9 Å². The van der Waals surface area contributed by atoms with Gasteiger partial charge in [0.25, 0.3) is 0 Å². The Labute approximate surface area is 200 Å². The summed E-state index contributed by atoms with van der Waals surface area (Å²) in [6.45, 7) is -0.295. The molecule has 0 radical (unpaired) electrons. The van der Waals surface area contributed by atoms with E-state index in [9.17, 15) is 22.0 Å². The molecule has 0 fully saturated rings. The molecule has 1 heterocycles. The molecular weight excluding hydrogens is 478 g/mol. The summed E-state index contributed by atoms with van der Waals surface area (Å²) in [6.07, 6.45) is 1.26. The number of ether oxygens (including phenoxy) is 1. The van der Waals surface area contributed by atoms with Crippen molar-refractivity contribution in [2.45, 2.75) is 24.0 Å². The number of halogens is 2. The van der Waals surface area contributed by atoms with E-state index >= 15 is 0 Å². The van der Waals surface area contributed by atoms with E-state index in [-0.39, 0.29) is 24.6 Å². The van der Waals surface area contributed by atoms with E-state index in [0.29, 0.717) is 11.1 Å². The second kappa shape index (κ2) is 10.6. The number of esters is 1. The Hall–Kier alpha value is -3.89. The molecule has 0 unspecified atom stereocenters. The summed E-state index contributed by atoms with van der Waals surface area (Å²) in [5.74, 6) is -2.02. The highest BCUT2D eigenvalue weighted by Crippen LogP contribution is 2.20. The molecule has 7 nitrogen and oxygen atoms in total. The van der Waals surface area contributed by atoms with Gasteiger partial charge >= 0.3 is 5.97 Å². The number of carbonyl (C=O) groups excluding carboxylic acids is 1. The number of sulfonamides is 1. The standard InChI is InChI=1S/C25H20F2N2O5S/c26-19-12-10-18(11-13-19)24-28-20(15-33-24)16-34-25(30)22(14-17-6-2-1-3-7-17)29-35(31,32)23-9-5-4-8-21(23)27/h1-13,15,22,29H,14,16H2/t22-/m0/s1. The molecule has 1 atom stereocenters. The maximum Gasteiger partial charge on any atom is 0.324 e. The van der Waals surface area contributed by atoms with Crippen LogP contribution < -0.4 is 4.72 Å². The highest BCUT2D eigenvalue weighted by atomic mass is 32.2. The molecule has 0 spiro atoms. The van der Waals surface area contributed by atoms with Crippen LogP contribution >= 0.6 is 0 Å². The minimum Gasteiger partial charge on any atom is -0.458 e. The molecule has 0 bridgehead atoms. The molecule has 4 aromatic rings. The van der Waals surface area contributed by atoms with E-state index in [1.165, 1.54) is 42.7 Å². The van der Waals surface area contributed by atoms with Gasteiger partial charge in [-0.1, -0.05) is 42.5 Å². The lowest BCUT2D eigenvalue weighted by Gasteiger charge is -2.18. The number of aromatic nitrogens is 1. The topological polar surface area (TPSA) is 98.5 Å². The summed E-state index contributed by atoms with van der Waals surface area (Å²) in [6, 6.07) is 17.8. The van der Waals surface area contributed by atoms with E-state index in [2.05, 4.69) is 9.71 Å². The molecular formula is C25H20F2N2O5S. The smallest absolute Gasteiger partial charge is 0.324 e. The molecule has 0 aliphatic rings. The van der Waals surface area contributed by atoms with Crippen LogP contribution in [0.3, 0.4) is 0 Å². The van der Waals surface area contributed by atoms with Gasteiger partial charge < -0.3 is 9.15 Å². The Morgan fingerprint density at radius 3 is 2.37 bits per heavy atom. The maximum atomic E-state index is 14.1. The lowest BCUT2D eigenvalue weighted by atomic mass is 10.1. The van der Waals surface area contributed by atoms with Gasteiger partial charge in [0.1, 0.15) is 41.1 Å². The lowest BCUT2D eigenvalue weighted by Crippen LogP contribution is -2.43. The molecule has 0 amide bonds. The van der Waals surface area contributed by atoms with Gasteiger partial charge in [0, 0.05) is 5.56 Å². The van der Waals surface area contributed by atoms with E-state index in [0.717, 1.165) is 12.1 Å². The number of oxazole rings is 1. The molecule has 0 saturated heterocycles. The minimum absolute atomic E-state index is 0.0208. The van der Waals surface area contributed by atoms with E-state index in [1.807, 2.05) is 0 Å². The van der Waals surface area contributed by atoms with Crippen LogP contribution in [0.1, 0.15) is 11.3 Å². The number of hydrogen-bond acceptors (Lipinski definition) is 6. The van der Waals surface area contributed by atoms with Crippen molar-refractivity contribution in [2.24, 2.45) is 0 Å². The average Bonchev–Trinajstić information content (AvgIpc) is 3.32. The third-order valence-corrected chi connectivity index (χ3v) is 6.50. The zero-order chi connectivity index (χ0) is 24.8. The van der Waals surface area contributed by atoms with Crippen molar-refractivity contribution in [2.75, 3.05) is 0 Å². The molecule has 10 heteroatoms. The zero-order valence-electron chi connectivity index (χ0n) is 18.2. The van der Waals surface area contributed by atoms with Crippen LogP contribution in [-0.4, -0.2) is 25.4 Å². The number of rotatable bonds is 9. The van der Waals surface area contributed by atoms with Gasteiger partial charge in [-0.2, -0.15) is 4.72 Å². The molecule has 3 aromatic carbocycles. The summed E-state index contributed by atoms with van der Waals surface area (Å²) in [5, 5.41) is 0. The molecule has 4 rings (SSSR count). The highest BCUT2D eigenvalue weighted by molar-refractivity contribution is 7.89. The summed E-state index contributed by atoms with van der Waals surface area (Å²) in [4.78, 5) is 16.5. The first-order valence-corrected chi connectivity index (χ1v) is 12.0. The molecule has 0 aliphatic heterocycles. The third-order valence-electron chi connectivity index (χ3n) is 5.00. The van der Waals surface area contributed by atoms with Crippen LogP contribution in [0.4, 0.5) is 8.78 Å². The number of carbonyl (C=O) groups is 1. The van der Waals surface area contributed by atoms with Gasteiger partial charge in [-0.25, -0.2) is 22.2 Å². The predicted octanol–water partition coefficient (Wildman–Crippen LogP) is 4.25. The van der Waals surface area contributed by atoms with Crippen molar-refractivity contribution in [3.05, 3.63) is 108 Å². The molecule has 0 aliphatic carbocycles. The fourth-order valence-electron chi connectivity index (χ4n) is 3.28. The number of nitrogens with zero attached hydrogens (tertiary/aromatic N) is 1. The summed E-state index contributed by atoms with van der Waals surface area (Å²) in [7, 11) is -4.36. The number of benzene rings is 3. The van der Waals surface area contributed by atoms with Gasteiger partial charge in [-0.3, -0.25) is 4.79 Å². The van der Waals surface area contributed by atoms with Gasteiger partial charge in [0.05, 0.1) is 0 Å². The monoisotopic (exact) mass is 498 g/mol. The van der Waals surface area contributed by atoms with Crippen LogP contribution in [0, 0.1) is 11.6 Å². The minimum atomic E-state index is -4.36. The fraction of sp³-hybridized carbons (Fsp3) is 0.120.